The first-order valence-electron chi connectivity index (χ1n) is 10.2. The number of carboxylic acid groups (broad SMARTS) is 1. The molecule has 1 aromatic heterocycles. The molecular weight excluding hydrogens is 456 g/mol. The molecule has 0 aliphatic carbocycles. The van der Waals surface area contributed by atoms with Crippen molar-refractivity contribution in [2.75, 3.05) is 10.6 Å². The number of rotatable bonds is 6. The number of halogens is 1. The van der Waals surface area contributed by atoms with Crippen molar-refractivity contribution in [2.24, 2.45) is 7.05 Å². The topological polar surface area (TPSA) is 113 Å². The fourth-order valence-corrected chi connectivity index (χ4v) is 3.50. The third kappa shape index (κ3) is 4.97. The number of carbonyl (C=O) groups excluding carboxylic acids is 2. The number of aromatic carboxylic acids is 1. The van der Waals surface area contributed by atoms with Gasteiger partial charge in [0.15, 0.2) is 0 Å². The van der Waals surface area contributed by atoms with Crippen LogP contribution in [0.2, 0.25) is 5.02 Å². The zero-order chi connectivity index (χ0) is 24.2. The van der Waals surface area contributed by atoms with E-state index in [0.29, 0.717) is 27.8 Å². The van der Waals surface area contributed by atoms with Gasteiger partial charge < -0.3 is 15.7 Å². The maximum Gasteiger partial charge on any atom is 0.335 e. The van der Waals surface area contributed by atoms with Gasteiger partial charge in [0.05, 0.1) is 21.8 Å². The van der Waals surface area contributed by atoms with Crippen LogP contribution in [0.1, 0.15) is 31.1 Å². The lowest BCUT2D eigenvalue weighted by molar-refractivity contribution is 0.0696. The molecule has 0 aliphatic heterocycles. The van der Waals surface area contributed by atoms with Crippen molar-refractivity contribution in [1.29, 1.82) is 0 Å². The number of anilines is 2. The van der Waals surface area contributed by atoms with Crippen molar-refractivity contribution in [3.63, 3.8) is 0 Å². The third-order valence-corrected chi connectivity index (χ3v) is 5.38. The highest BCUT2D eigenvalue weighted by Gasteiger charge is 2.14. The Kier molecular flexibility index (Phi) is 6.42. The van der Waals surface area contributed by atoms with Crippen molar-refractivity contribution >= 4 is 40.9 Å². The lowest BCUT2D eigenvalue weighted by Gasteiger charge is -2.07. The van der Waals surface area contributed by atoms with E-state index in [1.807, 2.05) is 0 Å². The van der Waals surface area contributed by atoms with E-state index in [2.05, 4.69) is 15.7 Å². The average Bonchev–Trinajstić information content (AvgIpc) is 3.19. The van der Waals surface area contributed by atoms with Crippen LogP contribution in [0.5, 0.6) is 0 Å². The van der Waals surface area contributed by atoms with Gasteiger partial charge in [-0.15, -0.1) is 0 Å². The molecule has 1 heterocycles. The van der Waals surface area contributed by atoms with Gasteiger partial charge in [-0.1, -0.05) is 41.9 Å². The van der Waals surface area contributed by atoms with Crippen molar-refractivity contribution in [3.8, 4) is 11.3 Å². The minimum atomic E-state index is -1.11. The molecule has 0 unspecified atom stereocenters. The van der Waals surface area contributed by atoms with Crippen LogP contribution >= 0.6 is 11.6 Å². The Morgan fingerprint density at radius 2 is 1.56 bits per heavy atom. The van der Waals surface area contributed by atoms with Gasteiger partial charge in [-0.3, -0.25) is 14.3 Å². The Bertz CT molecular complexity index is 1400. The number of aromatic nitrogens is 2. The highest BCUT2D eigenvalue weighted by Crippen LogP contribution is 2.24. The van der Waals surface area contributed by atoms with Crippen LogP contribution < -0.4 is 10.6 Å². The number of nitrogens with zero attached hydrogens (tertiary/aromatic N) is 2. The summed E-state index contributed by atoms with van der Waals surface area (Å²) >= 11 is 6.08. The second-order valence-corrected chi connectivity index (χ2v) is 7.80. The monoisotopic (exact) mass is 474 g/mol. The molecule has 34 heavy (non-hydrogen) atoms. The largest absolute Gasteiger partial charge is 0.478 e. The van der Waals surface area contributed by atoms with Crippen LogP contribution in [0, 0.1) is 0 Å². The molecule has 8 nitrogen and oxygen atoms in total. The lowest BCUT2D eigenvalue weighted by Crippen LogP contribution is -2.15. The minimum absolute atomic E-state index is 0.0278. The van der Waals surface area contributed by atoms with E-state index in [0.717, 1.165) is 5.56 Å². The van der Waals surface area contributed by atoms with E-state index in [4.69, 9.17) is 16.7 Å². The number of nitrogens with one attached hydrogen (secondary N) is 2. The predicted octanol–water partition coefficient (Wildman–Crippen LogP) is 4.94. The predicted molar refractivity (Wildman–Crippen MR) is 129 cm³/mol. The number of carboxylic acids is 1. The number of hydrogen-bond donors (Lipinski definition) is 3. The molecule has 0 atom stereocenters. The average molecular weight is 475 g/mol. The molecule has 0 saturated heterocycles. The van der Waals surface area contributed by atoms with Gasteiger partial charge in [0.2, 0.25) is 0 Å². The second-order valence-electron chi connectivity index (χ2n) is 7.39. The van der Waals surface area contributed by atoms with E-state index < -0.39 is 11.9 Å². The molecule has 0 spiro atoms. The van der Waals surface area contributed by atoms with Crippen LogP contribution in [0.25, 0.3) is 11.3 Å². The van der Waals surface area contributed by atoms with Gasteiger partial charge in [-0.05, 0) is 42.5 Å². The fourth-order valence-electron chi connectivity index (χ4n) is 3.28. The number of hydrogen-bond acceptors (Lipinski definition) is 4. The molecule has 2 amide bonds. The Labute approximate surface area is 199 Å². The molecule has 0 aliphatic rings. The van der Waals surface area contributed by atoms with Gasteiger partial charge in [-0.2, -0.15) is 5.10 Å². The van der Waals surface area contributed by atoms with Crippen LogP contribution in [-0.2, 0) is 7.05 Å². The van der Waals surface area contributed by atoms with Crippen LogP contribution in [0.3, 0.4) is 0 Å². The van der Waals surface area contributed by atoms with Crippen LogP contribution in [0.4, 0.5) is 11.5 Å². The molecular formula is C25H19ClN4O4. The Morgan fingerprint density at radius 1 is 0.853 bits per heavy atom. The second kappa shape index (κ2) is 9.60. The molecule has 3 aromatic carbocycles. The maximum absolute atomic E-state index is 12.6. The van der Waals surface area contributed by atoms with Crippen molar-refractivity contribution in [3.05, 3.63) is 101 Å². The summed E-state index contributed by atoms with van der Waals surface area (Å²) in [7, 11) is 1.69. The molecule has 0 saturated carbocycles. The lowest BCUT2D eigenvalue weighted by atomic mass is 10.1. The fraction of sp³-hybridized carbons (Fsp3) is 0.0400. The summed E-state index contributed by atoms with van der Waals surface area (Å²) in [6, 6.07) is 21.4. The maximum atomic E-state index is 12.6. The zero-order valence-corrected chi connectivity index (χ0v) is 18.7. The van der Waals surface area contributed by atoms with E-state index in [-0.39, 0.29) is 17.0 Å². The number of aryl methyl sites for hydroxylation is 1. The highest BCUT2D eigenvalue weighted by molar-refractivity contribution is 6.34. The van der Waals surface area contributed by atoms with Gasteiger partial charge >= 0.3 is 5.97 Å². The summed E-state index contributed by atoms with van der Waals surface area (Å²) in [4.78, 5) is 36.2. The number of amides is 2. The summed E-state index contributed by atoms with van der Waals surface area (Å²) in [5.41, 5.74) is 2.62. The quantitative estimate of drug-likeness (QED) is 0.366. The Hall–Kier alpha value is -4.43. The molecule has 0 bridgehead atoms. The normalized spacial score (nSPS) is 10.5. The van der Waals surface area contributed by atoms with Crippen molar-refractivity contribution in [1.82, 2.24) is 9.78 Å². The molecule has 9 heteroatoms. The van der Waals surface area contributed by atoms with Crippen LogP contribution in [0.15, 0.2) is 78.9 Å². The molecule has 0 fully saturated rings. The van der Waals surface area contributed by atoms with Gasteiger partial charge in [0.25, 0.3) is 11.8 Å². The standard InChI is InChI=1S/C25H19ClN4O4/c1-30-22(28-23(31)16-5-4-6-17(13-16)25(33)34)14-21(29-30)15-9-11-18(12-10-15)27-24(32)19-7-2-3-8-20(19)26/h2-14H,1H3,(H,27,32)(H,28,31)(H,33,34). The summed E-state index contributed by atoms with van der Waals surface area (Å²) < 4.78 is 1.52. The smallest absolute Gasteiger partial charge is 0.335 e. The number of carbonyl (C=O) groups is 3. The van der Waals surface area contributed by atoms with Gasteiger partial charge in [-0.25, -0.2) is 4.79 Å². The zero-order valence-electron chi connectivity index (χ0n) is 17.9. The summed E-state index contributed by atoms with van der Waals surface area (Å²) in [6.07, 6.45) is 0. The highest BCUT2D eigenvalue weighted by atomic mass is 35.5. The van der Waals surface area contributed by atoms with E-state index in [9.17, 15) is 14.4 Å². The first-order valence-corrected chi connectivity index (χ1v) is 10.5. The molecule has 170 valence electrons. The first-order chi connectivity index (χ1) is 16.3. The van der Waals surface area contributed by atoms with E-state index in [1.54, 1.807) is 61.6 Å². The first kappa shape index (κ1) is 22.8. The minimum Gasteiger partial charge on any atom is -0.478 e. The molecule has 3 N–H and O–H groups in total. The Balaban J connectivity index is 1.47. The van der Waals surface area contributed by atoms with Crippen molar-refractivity contribution in [2.45, 2.75) is 0 Å². The van der Waals surface area contributed by atoms with E-state index >= 15 is 0 Å². The SMILES string of the molecule is Cn1nc(-c2ccc(NC(=O)c3ccccc3Cl)cc2)cc1NC(=O)c1cccc(C(=O)O)c1. The molecule has 4 aromatic rings. The Morgan fingerprint density at radius 3 is 2.26 bits per heavy atom. The third-order valence-electron chi connectivity index (χ3n) is 5.05. The van der Waals surface area contributed by atoms with Gasteiger partial charge in [0.1, 0.15) is 5.82 Å². The van der Waals surface area contributed by atoms with E-state index in [1.165, 1.54) is 28.9 Å². The van der Waals surface area contributed by atoms with Crippen molar-refractivity contribution < 1.29 is 19.5 Å². The number of benzene rings is 3. The summed E-state index contributed by atoms with van der Waals surface area (Å²) in [6.45, 7) is 0. The molecule has 4 rings (SSSR count). The summed E-state index contributed by atoms with van der Waals surface area (Å²) in [5, 5.41) is 19.5. The molecule has 0 radical (unpaired) electrons. The summed E-state index contributed by atoms with van der Waals surface area (Å²) in [5.74, 6) is -1.43. The van der Waals surface area contributed by atoms with Gasteiger partial charge in [0, 0.05) is 29.9 Å². The van der Waals surface area contributed by atoms with Crippen LogP contribution in [-0.4, -0.2) is 32.7 Å².